The molecule has 0 saturated heterocycles. The van der Waals surface area contributed by atoms with Crippen LogP contribution in [0.25, 0.3) is 5.65 Å². The van der Waals surface area contributed by atoms with E-state index in [0.29, 0.717) is 25.8 Å². The number of carbonyl (C=O) groups is 1. The van der Waals surface area contributed by atoms with Gasteiger partial charge in [0, 0.05) is 30.4 Å². The normalized spacial score (nSPS) is 11.7. The number of hydrogen-bond donors (Lipinski definition) is 2. The van der Waals surface area contributed by atoms with Gasteiger partial charge < -0.3 is 5.32 Å². The lowest BCUT2D eigenvalue weighted by molar-refractivity contribution is -0.121. The number of primary sulfonamides is 1. The van der Waals surface area contributed by atoms with Crippen molar-refractivity contribution in [3.05, 3.63) is 58.5 Å². The van der Waals surface area contributed by atoms with Crippen molar-refractivity contribution in [3.63, 3.8) is 0 Å². The molecular weight excluding hydrogens is 390 g/mol. The largest absolute Gasteiger partial charge is 0.356 e. The molecule has 2 aromatic heterocycles. The van der Waals surface area contributed by atoms with Gasteiger partial charge in [0.2, 0.25) is 15.9 Å². The summed E-state index contributed by atoms with van der Waals surface area (Å²) in [5.74, 6) is -0.0401. The highest BCUT2D eigenvalue weighted by Gasteiger charge is 2.13. The predicted octanol–water partition coefficient (Wildman–Crippen LogP) is 1.59. The van der Waals surface area contributed by atoms with E-state index in [1.807, 2.05) is 31.4 Å². The Kier molecular flexibility index (Phi) is 5.99. The summed E-state index contributed by atoms with van der Waals surface area (Å²) >= 11 is 0. The first-order valence-electron chi connectivity index (χ1n) is 9.36. The number of amides is 1. The monoisotopic (exact) mass is 415 g/mol. The third-order valence-corrected chi connectivity index (χ3v) is 5.81. The van der Waals surface area contributed by atoms with Crippen LogP contribution in [-0.4, -0.2) is 35.5 Å². The SMILES string of the molecule is Cc1cc2nc(C)c(CCC(=O)NCCc3ccc(S(N)(=O)=O)cc3)c(C)n2n1. The van der Waals surface area contributed by atoms with E-state index >= 15 is 0 Å². The lowest BCUT2D eigenvalue weighted by Gasteiger charge is -2.11. The first-order valence-corrected chi connectivity index (χ1v) is 10.9. The summed E-state index contributed by atoms with van der Waals surface area (Å²) in [4.78, 5) is 16.9. The fourth-order valence-corrected chi connectivity index (χ4v) is 3.84. The number of nitrogens with one attached hydrogen (secondary N) is 1. The van der Waals surface area contributed by atoms with Gasteiger partial charge in [0.1, 0.15) is 0 Å². The van der Waals surface area contributed by atoms with Crippen molar-refractivity contribution in [2.75, 3.05) is 6.54 Å². The van der Waals surface area contributed by atoms with Crippen LogP contribution in [0.15, 0.2) is 35.2 Å². The molecule has 0 unspecified atom stereocenters. The van der Waals surface area contributed by atoms with Crippen molar-refractivity contribution in [2.45, 2.75) is 44.9 Å². The number of carbonyl (C=O) groups excluding carboxylic acids is 1. The van der Waals surface area contributed by atoms with Crippen LogP contribution < -0.4 is 10.5 Å². The van der Waals surface area contributed by atoms with E-state index in [4.69, 9.17) is 5.14 Å². The molecule has 3 aromatic rings. The molecule has 0 fully saturated rings. The smallest absolute Gasteiger partial charge is 0.238 e. The van der Waals surface area contributed by atoms with Gasteiger partial charge in [-0.25, -0.2) is 23.1 Å². The fraction of sp³-hybridized carbons (Fsp3) is 0.350. The van der Waals surface area contributed by atoms with E-state index in [2.05, 4.69) is 15.4 Å². The molecule has 0 atom stereocenters. The Morgan fingerprint density at radius 1 is 1.14 bits per heavy atom. The third-order valence-electron chi connectivity index (χ3n) is 4.88. The van der Waals surface area contributed by atoms with Crippen LogP contribution in [0.2, 0.25) is 0 Å². The second-order valence-electron chi connectivity index (χ2n) is 7.11. The Bertz CT molecular complexity index is 1150. The summed E-state index contributed by atoms with van der Waals surface area (Å²) < 4.78 is 24.4. The number of fused-ring (bicyclic) bond motifs is 1. The zero-order valence-electron chi connectivity index (χ0n) is 16.8. The average Bonchev–Trinajstić information content (AvgIpc) is 3.01. The fourth-order valence-electron chi connectivity index (χ4n) is 3.32. The zero-order valence-corrected chi connectivity index (χ0v) is 17.6. The highest BCUT2D eigenvalue weighted by Crippen LogP contribution is 2.17. The third kappa shape index (κ3) is 4.99. The molecule has 0 aliphatic carbocycles. The maximum absolute atomic E-state index is 12.2. The molecule has 0 spiro atoms. The standard InChI is InChI=1S/C20H25N5O3S/c1-13-12-19-23-14(2)18(15(3)25(19)24-13)8-9-20(26)22-11-10-16-4-6-17(7-5-16)29(21,27)28/h4-7,12H,8-11H2,1-3H3,(H,22,26)(H2,21,27,28). The first-order chi connectivity index (χ1) is 13.6. The van der Waals surface area contributed by atoms with Crippen LogP contribution in [0, 0.1) is 20.8 Å². The molecule has 154 valence electrons. The van der Waals surface area contributed by atoms with Gasteiger partial charge in [-0.1, -0.05) is 12.1 Å². The first kappa shape index (κ1) is 20.9. The molecule has 9 heteroatoms. The maximum atomic E-state index is 12.2. The Morgan fingerprint density at radius 2 is 1.83 bits per heavy atom. The highest BCUT2D eigenvalue weighted by molar-refractivity contribution is 7.89. The number of rotatable bonds is 7. The molecular formula is C20H25N5O3S. The van der Waals surface area contributed by atoms with E-state index in [1.165, 1.54) is 12.1 Å². The van der Waals surface area contributed by atoms with Crippen molar-refractivity contribution in [1.82, 2.24) is 19.9 Å². The van der Waals surface area contributed by atoms with Crippen molar-refractivity contribution in [2.24, 2.45) is 5.14 Å². The molecule has 0 radical (unpaired) electrons. The minimum absolute atomic E-state index is 0.0401. The minimum Gasteiger partial charge on any atom is -0.356 e. The Hall–Kier alpha value is -2.78. The van der Waals surface area contributed by atoms with Gasteiger partial charge >= 0.3 is 0 Å². The topological polar surface area (TPSA) is 119 Å². The summed E-state index contributed by atoms with van der Waals surface area (Å²) in [5, 5.41) is 12.4. The molecule has 0 bridgehead atoms. The van der Waals surface area contributed by atoms with E-state index in [0.717, 1.165) is 33.9 Å². The van der Waals surface area contributed by atoms with E-state index in [1.54, 1.807) is 12.1 Å². The van der Waals surface area contributed by atoms with Crippen LogP contribution in [0.1, 0.15) is 34.6 Å². The number of aryl methyl sites for hydroxylation is 3. The lowest BCUT2D eigenvalue weighted by Crippen LogP contribution is -2.26. The van der Waals surface area contributed by atoms with Gasteiger partial charge in [-0.2, -0.15) is 5.10 Å². The number of sulfonamides is 1. The summed E-state index contributed by atoms with van der Waals surface area (Å²) in [6.45, 7) is 6.35. The highest BCUT2D eigenvalue weighted by atomic mass is 32.2. The predicted molar refractivity (Wildman–Crippen MR) is 110 cm³/mol. The Balaban J connectivity index is 1.53. The molecule has 8 nitrogen and oxygen atoms in total. The van der Waals surface area contributed by atoms with Gasteiger partial charge in [-0.3, -0.25) is 4.79 Å². The zero-order chi connectivity index (χ0) is 21.2. The van der Waals surface area contributed by atoms with E-state index in [-0.39, 0.29) is 10.8 Å². The second-order valence-corrected chi connectivity index (χ2v) is 8.67. The Labute approximate surface area is 170 Å². The van der Waals surface area contributed by atoms with Gasteiger partial charge in [-0.05, 0) is 56.9 Å². The number of benzene rings is 1. The van der Waals surface area contributed by atoms with Gasteiger partial charge in [0.15, 0.2) is 5.65 Å². The quantitative estimate of drug-likeness (QED) is 0.607. The van der Waals surface area contributed by atoms with Crippen LogP contribution in [0.5, 0.6) is 0 Å². The molecule has 3 N–H and O–H groups in total. The Morgan fingerprint density at radius 3 is 2.48 bits per heavy atom. The van der Waals surface area contributed by atoms with E-state index in [9.17, 15) is 13.2 Å². The van der Waals surface area contributed by atoms with Gasteiger partial charge in [-0.15, -0.1) is 0 Å². The molecule has 0 aliphatic rings. The van der Waals surface area contributed by atoms with E-state index < -0.39 is 10.0 Å². The average molecular weight is 416 g/mol. The molecule has 0 aliphatic heterocycles. The minimum atomic E-state index is -3.69. The van der Waals surface area contributed by atoms with Crippen molar-refractivity contribution >= 4 is 21.6 Å². The summed E-state index contributed by atoms with van der Waals surface area (Å²) in [6, 6.07) is 8.28. The van der Waals surface area contributed by atoms with Crippen molar-refractivity contribution in [3.8, 4) is 0 Å². The van der Waals surface area contributed by atoms with Crippen LogP contribution in [0.3, 0.4) is 0 Å². The molecule has 1 amide bonds. The number of nitrogens with two attached hydrogens (primary N) is 1. The summed E-state index contributed by atoms with van der Waals surface area (Å²) in [6.07, 6.45) is 1.56. The van der Waals surface area contributed by atoms with Crippen LogP contribution in [-0.2, 0) is 27.7 Å². The van der Waals surface area contributed by atoms with Crippen LogP contribution in [0.4, 0.5) is 0 Å². The summed E-state index contributed by atoms with van der Waals surface area (Å²) in [5.41, 5.74) is 5.61. The maximum Gasteiger partial charge on any atom is 0.238 e. The number of aromatic nitrogens is 3. The molecule has 29 heavy (non-hydrogen) atoms. The van der Waals surface area contributed by atoms with Gasteiger partial charge in [0.25, 0.3) is 0 Å². The van der Waals surface area contributed by atoms with Crippen molar-refractivity contribution < 1.29 is 13.2 Å². The van der Waals surface area contributed by atoms with Crippen molar-refractivity contribution in [1.29, 1.82) is 0 Å². The summed E-state index contributed by atoms with van der Waals surface area (Å²) in [7, 11) is -3.69. The molecule has 0 saturated carbocycles. The number of hydrogen-bond acceptors (Lipinski definition) is 5. The lowest BCUT2D eigenvalue weighted by atomic mass is 10.1. The number of nitrogens with zero attached hydrogens (tertiary/aromatic N) is 3. The van der Waals surface area contributed by atoms with Crippen LogP contribution >= 0.6 is 0 Å². The van der Waals surface area contributed by atoms with Gasteiger partial charge in [0.05, 0.1) is 10.6 Å². The second kappa shape index (κ2) is 8.30. The molecule has 3 rings (SSSR count). The molecule has 2 heterocycles. The molecule has 1 aromatic carbocycles.